The summed E-state index contributed by atoms with van der Waals surface area (Å²) in [5, 5.41) is 5.70. The van der Waals surface area contributed by atoms with Crippen LogP contribution in [0.3, 0.4) is 0 Å². The molecule has 1 aliphatic carbocycles. The molecule has 2 amide bonds. The van der Waals surface area contributed by atoms with Crippen molar-refractivity contribution in [3.8, 4) is 11.1 Å². The second-order valence-corrected chi connectivity index (χ2v) is 10.5. The predicted molar refractivity (Wildman–Crippen MR) is 137 cm³/mol. The van der Waals surface area contributed by atoms with Crippen LogP contribution >= 0.6 is 0 Å². The van der Waals surface area contributed by atoms with Gasteiger partial charge in [-0.05, 0) is 71.1 Å². The van der Waals surface area contributed by atoms with Crippen molar-refractivity contribution in [2.75, 3.05) is 5.32 Å². The molecule has 1 aliphatic rings. The zero-order valence-electron chi connectivity index (χ0n) is 21.7. The van der Waals surface area contributed by atoms with E-state index in [-0.39, 0.29) is 17.4 Å². The second kappa shape index (κ2) is 11.1. The smallest absolute Gasteiger partial charge is 0.408 e. The fourth-order valence-electron chi connectivity index (χ4n) is 4.71. The first kappa shape index (κ1) is 26.4. The highest BCUT2D eigenvalue weighted by Crippen LogP contribution is 2.28. The second-order valence-electron chi connectivity index (χ2n) is 10.5. The Hall–Kier alpha value is -3.16. The third-order valence-electron chi connectivity index (χ3n) is 6.56. The molecular weight excluding hydrogens is 444 g/mol. The number of anilines is 1. The molecule has 2 aromatic heterocycles. The molecule has 2 aromatic rings. The lowest BCUT2D eigenvalue weighted by atomic mass is 9.91. The maximum absolute atomic E-state index is 13.3. The Kier molecular flexibility index (Phi) is 8.35. The van der Waals surface area contributed by atoms with E-state index in [1.54, 1.807) is 50.7 Å². The number of aromatic nitrogens is 2. The van der Waals surface area contributed by atoms with Gasteiger partial charge in [0.2, 0.25) is 5.91 Å². The highest BCUT2D eigenvalue weighted by Gasteiger charge is 2.32. The van der Waals surface area contributed by atoms with Gasteiger partial charge in [-0.1, -0.05) is 25.7 Å². The Morgan fingerprint density at radius 2 is 1.77 bits per heavy atom. The topological polar surface area (TPSA) is 102 Å². The minimum atomic E-state index is -0.697. The van der Waals surface area contributed by atoms with Gasteiger partial charge in [-0.25, -0.2) is 9.78 Å². The van der Waals surface area contributed by atoms with Crippen LogP contribution in [0.4, 0.5) is 10.6 Å². The minimum Gasteiger partial charge on any atom is -0.444 e. The quantitative estimate of drug-likeness (QED) is 0.592. The highest BCUT2D eigenvalue weighted by molar-refractivity contribution is 5.96. The fraction of sp³-hybridized carbons (Fsp3) is 0.556. The standard InChI is InChI=1S/C27H38N4O4/c1-17-15-22(32)31(6)18(2)23(17)20-13-14-21(28-16-20)29-25(33)24(19-11-9-7-8-10-12-19)30-26(34)35-27(3,4)5/h13-16,19,24H,7-12H2,1-6H3,(H,30,34)(H,28,29,33)/t24-/m0/s1. The lowest BCUT2D eigenvalue weighted by Crippen LogP contribution is -2.50. The van der Waals surface area contributed by atoms with E-state index in [0.717, 1.165) is 60.9 Å². The summed E-state index contributed by atoms with van der Waals surface area (Å²) in [6.07, 6.45) is 7.22. The normalized spacial score (nSPS) is 15.7. The first-order valence-electron chi connectivity index (χ1n) is 12.4. The van der Waals surface area contributed by atoms with Gasteiger partial charge in [0.1, 0.15) is 17.5 Å². The van der Waals surface area contributed by atoms with Crippen molar-refractivity contribution in [1.29, 1.82) is 0 Å². The van der Waals surface area contributed by atoms with Crippen LogP contribution in [0.15, 0.2) is 29.2 Å². The van der Waals surface area contributed by atoms with Crippen LogP contribution in [-0.2, 0) is 16.6 Å². The van der Waals surface area contributed by atoms with Gasteiger partial charge in [-0.15, -0.1) is 0 Å². The van der Waals surface area contributed by atoms with Crippen molar-refractivity contribution >= 4 is 17.8 Å². The number of pyridine rings is 2. The molecule has 35 heavy (non-hydrogen) atoms. The van der Waals surface area contributed by atoms with Crippen LogP contribution in [0.25, 0.3) is 11.1 Å². The number of carbonyl (C=O) groups excluding carboxylic acids is 2. The third-order valence-corrected chi connectivity index (χ3v) is 6.56. The average molecular weight is 483 g/mol. The number of hydrogen-bond acceptors (Lipinski definition) is 5. The van der Waals surface area contributed by atoms with Gasteiger partial charge in [-0.2, -0.15) is 0 Å². The number of nitrogens with one attached hydrogen (secondary N) is 2. The van der Waals surface area contributed by atoms with E-state index in [4.69, 9.17) is 4.74 Å². The molecule has 1 saturated carbocycles. The van der Waals surface area contributed by atoms with Crippen molar-refractivity contribution in [3.63, 3.8) is 0 Å². The number of hydrogen-bond donors (Lipinski definition) is 2. The van der Waals surface area contributed by atoms with Crippen molar-refractivity contribution in [2.45, 2.75) is 84.8 Å². The number of amides is 2. The Morgan fingerprint density at radius 1 is 1.11 bits per heavy atom. The van der Waals surface area contributed by atoms with Gasteiger partial charge in [0.05, 0.1) is 0 Å². The van der Waals surface area contributed by atoms with E-state index in [1.165, 1.54) is 0 Å². The van der Waals surface area contributed by atoms with E-state index < -0.39 is 17.7 Å². The molecule has 8 heteroatoms. The maximum Gasteiger partial charge on any atom is 0.408 e. The lowest BCUT2D eigenvalue weighted by molar-refractivity contribution is -0.119. The van der Waals surface area contributed by atoms with E-state index in [9.17, 15) is 14.4 Å². The molecule has 190 valence electrons. The van der Waals surface area contributed by atoms with Gasteiger partial charge < -0.3 is 19.9 Å². The van der Waals surface area contributed by atoms with E-state index in [1.807, 2.05) is 19.9 Å². The molecule has 8 nitrogen and oxygen atoms in total. The fourth-order valence-corrected chi connectivity index (χ4v) is 4.71. The summed E-state index contributed by atoms with van der Waals surface area (Å²) in [7, 11) is 1.74. The molecule has 0 unspecified atom stereocenters. The highest BCUT2D eigenvalue weighted by atomic mass is 16.6. The third kappa shape index (κ3) is 6.93. The molecule has 2 heterocycles. The number of ether oxygens (including phenoxy) is 1. The van der Waals surface area contributed by atoms with Gasteiger partial charge in [-0.3, -0.25) is 9.59 Å². The first-order valence-corrected chi connectivity index (χ1v) is 12.4. The van der Waals surface area contributed by atoms with Crippen molar-refractivity contribution in [2.24, 2.45) is 13.0 Å². The summed E-state index contributed by atoms with van der Waals surface area (Å²) >= 11 is 0. The van der Waals surface area contributed by atoms with Crippen LogP contribution in [0.5, 0.6) is 0 Å². The number of carbonyl (C=O) groups is 2. The number of alkyl carbamates (subject to hydrolysis) is 1. The Morgan fingerprint density at radius 3 is 2.34 bits per heavy atom. The van der Waals surface area contributed by atoms with Crippen LogP contribution in [-0.4, -0.2) is 33.2 Å². The molecule has 3 rings (SSSR count). The molecule has 0 aromatic carbocycles. The summed E-state index contributed by atoms with van der Waals surface area (Å²) in [5.41, 5.74) is 2.83. The zero-order valence-corrected chi connectivity index (χ0v) is 21.7. The molecule has 0 saturated heterocycles. The average Bonchev–Trinajstić information content (AvgIpc) is 3.05. The first-order chi connectivity index (χ1) is 16.5. The van der Waals surface area contributed by atoms with Crippen molar-refractivity contribution in [1.82, 2.24) is 14.9 Å². The van der Waals surface area contributed by atoms with Crippen LogP contribution in [0.1, 0.15) is 70.6 Å². The monoisotopic (exact) mass is 482 g/mol. The van der Waals surface area contributed by atoms with E-state index in [0.29, 0.717) is 5.82 Å². The molecule has 0 radical (unpaired) electrons. The van der Waals surface area contributed by atoms with Gasteiger partial charge in [0, 0.05) is 36.1 Å². The molecule has 1 fully saturated rings. The molecule has 0 bridgehead atoms. The summed E-state index contributed by atoms with van der Waals surface area (Å²) in [4.78, 5) is 42.3. The predicted octanol–water partition coefficient (Wildman–Crippen LogP) is 4.87. The minimum absolute atomic E-state index is 0.0418. The summed E-state index contributed by atoms with van der Waals surface area (Å²) in [6, 6.07) is 4.54. The van der Waals surface area contributed by atoms with Gasteiger partial charge in [0.15, 0.2) is 0 Å². The molecule has 0 aliphatic heterocycles. The maximum atomic E-state index is 13.3. The van der Waals surface area contributed by atoms with Crippen molar-refractivity contribution in [3.05, 3.63) is 46.0 Å². The van der Waals surface area contributed by atoms with Crippen LogP contribution in [0, 0.1) is 19.8 Å². The van der Waals surface area contributed by atoms with Gasteiger partial charge >= 0.3 is 6.09 Å². The van der Waals surface area contributed by atoms with E-state index >= 15 is 0 Å². The van der Waals surface area contributed by atoms with Crippen molar-refractivity contribution < 1.29 is 14.3 Å². The molecule has 2 N–H and O–H groups in total. The molecule has 0 spiro atoms. The number of rotatable bonds is 5. The number of nitrogens with zero attached hydrogens (tertiary/aromatic N) is 2. The molecule has 1 atom stereocenters. The number of aryl methyl sites for hydroxylation is 1. The van der Waals surface area contributed by atoms with Crippen LogP contribution in [0.2, 0.25) is 0 Å². The largest absolute Gasteiger partial charge is 0.444 e. The van der Waals surface area contributed by atoms with Gasteiger partial charge in [0.25, 0.3) is 5.56 Å². The van der Waals surface area contributed by atoms with Crippen LogP contribution < -0.4 is 16.2 Å². The Labute approximate surface area is 207 Å². The van der Waals surface area contributed by atoms with E-state index in [2.05, 4.69) is 15.6 Å². The summed E-state index contributed by atoms with van der Waals surface area (Å²) in [5.74, 6) is 0.154. The summed E-state index contributed by atoms with van der Waals surface area (Å²) < 4.78 is 7.03. The zero-order chi connectivity index (χ0) is 25.8. The molecular formula is C27H38N4O4. The SMILES string of the molecule is Cc1cc(=O)n(C)c(C)c1-c1ccc(NC(=O)[C@@H](NC(=O)OC(C)(C)C)C2CCCCCC2)nc1. The Bertz CT molecular complexity index is 1110. The summed E-state index contributed by atoms with van der Waals surface area (Å²) in [6.45, 7) is 9.20. The lowest BCUT2D eigenvalue weighted by Gasteiger charge is -2.28. The Balaban J connectivity index is 1.79.